The molecule has 1 N–H and O–H groups in total. The molecule has 0 bridgehead atoms. The van der Waals surface area contributed by atoms with Crippen molar-refractivity contribution in [3.63, 3.8) is 0 Å². The molecule has 0 saturated heterocycles. The lowest BCUT2D eigenvalue weighted by molar-refractivity contribution is 0.308. The van der Waals surface area contributed by atoms with E-state index in [1.165, 1.54) is 41.3 Å². The third-order valence-electron chi connectivity index (χ3n) is 4.17. The van der Waals surface area contributed by atoms with Gasteiger partial charge >= 0.3 is 0 Å². The van der Waals surface area contributed by atoms with Crippen LogP contribution in [0.2, 0.25) is 0 Å². The number of hydrogen-bond donors (Lipinski definition) is 1. The third-order valence-corrected chi connectivity index (χ3v) is 5.44. The van der Waals surface area contributed by atoms with Crippen molar-refractivity contribution in [2.24, 2.45) is 0 Å². The lowest BCUT2D eigenvalue weighted by Gasteiger charge is -2.22. The molecule has 1 aliphatic rings. The number of nitrogens with zero attached hydrogens (tertiary/aromatic N) is 2. The summed E-state index contributed by atoms with van der Waals surface area (Å²) in [4.78, 5) is 8.91. The third kappa shape index (κ3) is 4.03. The molecule has 0 spiro atoms. The van der Waals surface area contributed by atoms with Gasteiger partial charge in [-0.25, -0.2) is 4.98 Å². The Bertz CT molecular complexity index is 398. The van der Waals surface area contributed by atoms with Crippen molar-refractivity contribution < 1.29 is 0 Å². The molecule has 0 fully saturated rings. The number of hydrogen-bond acceptors (Lipinski definition) is 4. The predicted molar refractivity (Wildman–Crippen MR) is 87.6 cm³/mol. The molecule has 114 valence electrons. The Morgan fingerprint density at radius 1 is 1.30 bits per heavy atom. The fourth-order valence-electron chi connectivity index (χ4n) is 2.88. The fraction of sp³-hybridized carbons (Fsp3) is 0.812. The Labute approximate surface area is 127 Å². The lowest BCUT2D eigenvalue weighted by atomic mass is 9.98. The van der Waals surface area contributed by atoms with Crippen LogP contribution in [0, 0.1) is 0 Å². The van der Waals surface area contributed by atoms with Crippen molar-refractivity contribution in [1.82, 2.24) is 15.2 Å². The van der Waals surface area contributed by atoms with E-state index < -0.39 is 0 Å². The van der Waals surface area contributed by atoms with Gasteiger partial charge in [0.25, 0.3) is 0 Å². The highest BCUT2D eigenvalue weighted by Crippen LogP contribution is 2.34. The van der Waals surface area contributed by atoms with Gasteiger partial charge < -0.3 is 10.2 Å². The van der Waals surface area contributed by atoms with Crippen LogP contribution in [0.4, 0.5) is 0 Å². The number of thiazole rings is 1. The summed E-state index contributed by atoms with van der Waals surface area (Å²) in [6, 6.07) is 0.568. The highest BCUT2D eigenvalue weighted by atomic mass is 32.1. The molecule has 1 heterocycles. The van der Waals surface area contributed by atoms with E-state index in [0.29, 0.717) is 6.04 Å². The fourth-order valence-corrected chi connectivity index (χ4v) is 4.10. The molecule has 1 atom stereocenters. The Morgan fingerprint density at radius 3 is 2.80 bits per heavy atom. The maximum atomic E-state index is 4.90. The second kappa shape index (κ2) is 8.11. The molecule has 2 rings (SSSR count). The van der Waals surface area contributed by atoms with Gasteiger partial charge in [-0.05, 0) is 45.3 Å². The van der Waals surface area contributed by atoms with Crippen molar-refractivity contribution in [1.29, 1.82) is 0 Å². The molecule has 0 radical (unpaired) electrons. The van der Waals surface area contributed by atoms with Gasteiger partial charge in [-0.15, -0.1) is 11.3 Å². The SMILES string of the molecule is CCCNC1CCCc2nc(CCN(CC)CC)sc21. The Morgan fingerprint density at radius 2 is 2.10 bits per heavy atom. The highest BCUT2D eigenvalue weighted by Gasteiger charge is 2.23. The molecule has 1 aromatic rings. The molecule has 4 heteroatoms. The van der Waals surface area contributed by atoms with E-state index >= 15 is 0 Å². The quantitative estimate of drug-likeness (QED) is 0.796. The van der Waals surface area contributed by atoms with E-state index in [1.807, 2.05) is 11.3 Å². The summed E-state index contributed by atoms with van der Waals surface area (Å²) in [5, 5.41) is 5.03. The predicted octanol–water partition coefficient (Wildman–Crippen LogP) is 3.40. The molecule has 0 amide bonds. The number of nitrogens with one attached hydrogen (secondary N) is 1. The summed E-state index contributed by atoms with van der Waals surface area (Å²) >= 11 is 1.96. The van der Waals surface area contributed by atoms with Crippen LogP contribution in [0.1, 0.15) is 61.7 Å². The van der Waals surface area contributed by atoms with Crippen LogP contribution in [0.15, 0.2) is 0 Å². The second-order valence-electron chi connectivity index (χ2n) is 5.59. The first-order valence-electron chi connectivity index (χ1n) is 8.22. The van der Waals surface area contributed by atoms with Crippen LogP contribution in [0.3, 0.4) is 0 Å². The van der Waals surface area contributed by atoms with E-state index in [-0.39, 0.29) is 0 Å². The Hall–Kier alpha value is -0.450. The van der Waals surface area contributed by atoms with Gasteiger partial charge in [0.1, 0.15) is 0 Å². The minimum atomic E-state index is 0.568. The van der Waals surface area contributed by atoms with Crippen LogP contribution < -0.4 is 5.32 Å². The molecular formula is C16H29N3S. The summed E-state index contributed by atoms with van der Waals surface area (Å²) in [5.74, 6) is 0. The first kappa shape index (κ1) is 15.9. The average molecular weight is 295 g/mol. The van der Waals surface area contributed by atoms with E-state index in [0.717, 1.165) is 32.6 Å². The van der Waals surface area contributed by atoms with Crippen molar-refractivity contribution >= 4 is 11.3 Å². The van der Waals surface area contributed by atoms with Gasteiger partial charge in [0.15, 0.2) is 0 Å². The molecule has 20 heavy (non-hydrogen) atoms. The van der Waals surface area contributed by atoms with Gasteiger partial charge in [-0.2, -0.15) is 0 Å². The second-order valence-corrected chi connectivity index (χ2v) is 6.71. The van der Waals surface area contributed by atoms with Gasteiger partial charge in [-0.1, -0.05) is 20.8 Å². The minimum Gasteiger partial charge on any atom is -0.309 e. The van der Waals surface area contributed by atoms with Gasteiger partial charge in [-0.3, -0.25) is 0 Å². The molecule has 0 aliphatic heterocycles. The molecule has 1 aromatic heterocycles. The number of aryl methyl sites for hydroxylation is 1. The van der Waals surface area contributed by atoms with Crippen LogP contribution in [0.25, 0.3) is 0 Å². The highest BCUT2D eigenvalue weighted by molar-refractivity contribution is 7.11. The smallest absolute Gasteiger partial charge is 0.0944 e. The van der Waals surface area contributed by atoms with Gasteiger partial charge in [0, 0.05) is 23.9 Å². The number of rotatable bonds is 8. The van der Waals surface area contributed by atoms with Crippen molar-refractivity contribution in [2.45, 2.75) is 58.9 Å². The zero-order valence-corrected chi connectivity index (χ0v) is 14.1. The molecule has 0 saturated carbocycles. The summed E-state index contributed by atoms with van der Waals surface area (Å²) in [5.41, 5.74) is 1.38. The first-order chi connectivity index (χ1) is 9.78. The summed E-state index contributed by atoms with van der Waals surface area (Å²) < 4.78 is 0. The lowest BCUT2D eigenvalue weighted by Crippen LogP contribution is -2.25. The zero-order chi connectivity index (χ0) is 14.4. The zero-order valence-electron chi connectivity index (χ0n) is 13.2. The topological polar surface area (TPSA) is 28.2 Å². The minimum absolute atomic E-state index is 0.568. The maximum absolute atomic E-state index is 4.90. The standard InChI is InChI=1S/C16H29N3S/c1-4-11-17-13-8-7-9-14-16(13)20-15(18-14)10-12-19(5-2)6-3/h13,17H,4-12H2,1-3H3. The van der Waals surface area contributed by atoms with Crippen LogP contribution in [-0.4, -0.2) is 36.1 Å². The van der Waals surface area contributed by atoms with E-state index in [9.17, 15) is 0 Å². The van der Waals surface area contributed by atoms with Gasteiger partial charge in [0.05, 0.1) is 10.7 Å². The number of aromatic nitrogens is 1. The monoisotopic (exact) mass is 295 g/mol. The van der Waals surface area contributed by atoms with Crippen molar-refractivity contribution in [3.8, 4) is 0 Å². The average Bonchev–Trinajstić information content (AvgIpc) is 2.89. The van der Waals surface area contributed by atoms with E-state index in [4.69, 9.17) is 4.98 Å². The van der Waals surface area contributed by atoms with E-state index in [1.54, 1.807) is 0 Å². The van der Waals surface area contributed by atoms with Crippen LogP contribution in [-0.2, 0) is 12.8 Å². The molecular weight excluding hydrogens is 266 g/mol. The normalized spacial score (nSPS) is 18.5. The summed E-state index contributed by atoms with van der Waals surface area (Å²) in [6.45, 7) is 11.3. The molecule has 0 aromatic carbocycles. The Kier molecular flexibility index (Phi) is 6.46. The van der Waals surface area contributed by atoms with Crippen LogP contribution >= 0.6 is 11.3 Å². The molecule has 1 aliphatic carbocycles. The summed E-state index contributed by atoms with van der Waals surface area (Å²) in [7, 11) is 0. The molecule has 1 unspecified atom stereocenters. The van der Waals surface area contributed by atoms with Crippen molar-refractivity contribution in [3.05, 3.63) is 15.6 Å². The van der Waals surface area contributed by atoms with Crippen LogP contribution in [0.5, 0.6) is 0 Å². The van der Waals surface area contributed by atoms with E-state index in [2.05, 4.69) is 31.0 Å². The number of fused-ring (bicyclic) bond motifs is 1. The molecule has 3 nitrogen and oxygen atoms in total. The largest absolute Gasteiger partial charge is 0.309 e. The number of likely N-dealkylation sites (N-methyl/N-ethyl adjacent to an activating group) is 1. The van der Waals surface area contributed by atoms with Gasteiger partial charge in [0.2, 0.25) is 0 Å². The Balaban J connectivity index is 1.98. The summed E-state index contributed by atoms with van der Waals surface area (Å²) in [6.07, 6.45) is 6.07. The first-order valence-corrected chi connectivity index (χ1v) is 9.04. The maximum Gasteiger partial charge on any atom is 0.0944 e. The van der Waals surface area contributed by atoms with Crippen molar-refractivity contribution in [2.75, 3.05) is 26.2 Å².